The van der Waals surface area contributed by atoms with Gasteiger partial charge in [-0.2, -0.15) is 0 Å². The topological polar surface area (TPSA) is 26.3 Å². The zero-order valence-corrected chi connectivity index (χ0v) is 16.9. The van der Waals surface area contributed by atoms with Gasteiger partial charge in [-0.3, -0.25) is 0 Å². The van der Waals surface area contributed by atoms with Gasteiger partial charge < -0.3 is 0 Å². The highest BCUT2D eigenvalue weighted by atomic mass is 31.1. The van der Waals surface area contributed by atoms with E-state index in [2.05, 4.69) is 13.8 Å². The Labute approximate surface area is 147 Å². The van der Waals surface area contributed by atoms with Gasteiger partial charge in [-0.1, -0.05) is 97.3 Å². The van der Waals surface area contributed by atoms with Crippen molar-refractivity contribution in [3.8, 4) is 0 Å². The molecule has 0 heterocycles. The second kappa shape index (κ2) is 20.1. The molecule has 0 aromatic heterocycles. The summed E-state index contributed by atoms with van der Waals surface area (Å²) in [7, 11) is -1.39. The summed E-state index contributed by atoms with van der Waals surface area (Å²) in [5.41, 5.74) is 0. The number of rotatable bonds is 19. The summed E-state index contributed by atoms with van der Waals surface area (Å²) in [6.07, 6.45) is 21.6. The largest absolute Gasteiger partial charge is 0.508 e. The van der Waals surface area contributed by atoms with Crippen LogP contribution >= 0.6 is 8.03 Å². The van der Waals surface area contributed by atoms with E-state index in [4.69, 9.17) is 4.52 Å². The van der Waals surface area contributed by atoms with Crippen molar-refractivity contribution in [1.29, 1.82) is 0 Å². The van der Waals surface area contributed by atoms with Gasteiger partial charge in [-0.05, 0) is 23.8 Å². The minimum atomic E-state index is -1.39. The van der Waals surface area contributed by atoms with Crippen molar-refractivity contribution in [2.45, 2.75) is 117 Å². The summed E-state index contributed by atoms with van der Waals surface area (Å²) in [6.45, 7) is 5.21. The number of hydrogen-bond acceptors (Lipinski definition) is 2. The standard InChI is InChI=1S/C20H42O2P/c1-3-5-7-9-11-13-15-17-19-22-23(21)20-18-16-14-12-10-8-6-4-2/h3-20H2,1-2H3/q+1. The molecular formula is C20H42O2P+. The van der Waals surface area contributed by atoms with Crippen molar-refractivity contribution in [1.82, 2.24) is 0 Å². The summed E-state index contributed by atoms with van der Waals surface area (Å²) >= 11 is 0. The van der Waals surface area contributed by atoms with E-state index in [1.54, 1.807) is 0 Å². The van der Waals surface area contributed by atoms with Crippen LogP contribution in [0.5, 0.6) is 0 Å². The Morgan fingerprint density at radius 2 is 0.957 bits per heavy atom. The Morgan fingerprint density at radius 1 is 0.565 bits per heavy atom. The molecule has 0 N–H and O–H groups in total. The van der Waals surface area contributed by atoms with Gasteiger partial charge >= 0.3 is 8.03 Å². The lowest BCUT2D eigenvalue weighted by molar-refractivity contribution is 0.315. The smallest absolute Gasteiger partial charge is 0.146 e. The van der Waals surface area contributed by atoms with Gasteiger partial charge in [0.25, 0.3) is 0 Å². The SMILES string of the molecule is CCCCCCCCCCO[P+](=O)CCCCCCCCCC. The molecule has 0 aliphatic heterocycles. The van der Waals surface area contributed by atoms with Crippen LogP contribution in [0.4, 0.5) is 0 Å². The van der Waals surface area contributed by atoms with Crippen molar-refractivity contribution < 1.29 is 9.09 Å². The molecule has 1 unspecified atom stereocenters. The Kier molecular flexibility index (Phi) is 20.2. The van der Waals surface area contributed by atoms with Crippen LogP contribution in [0, 0.1) is 0 Å². The summed E-state index contributed by atoms with van der Waals surface area (Å²) in [4.78, 5) is 0. The molecule has 0 aromatic carbocycles. The molecule has 3 heteroatoms. The zero-order chi connectivity index (χ0) is 17.0. The van der Waals surface area contributed by atoms with Gasteiger partial charge in [0.1, 0.15) is 6.61 Å². The van der Waals surface area contributed by atoms with Gasteiger partial charge in [-0.25, -0.2) is 0 Å². The highest BCUT2D eigenvalue weighted by Gasteiger charge is 2.15. The highest BCUT2D eigenvalue weighted by Crippen LogP contribution is 2.25. The van der Waals surface area contributed by atoms with Gasteiger partial charge in [0.15, 0.2) is 6.16 Å². The monoisotopic (exact) mass is 345 g/mol. The van der Waals surface area contributed by atoms with Crippen LogP contribution in [0.15, 0.2) is 0 Å². The lowest BCUT2D eigenvalue weighted by Gasteiger charge is -2.00. The molecule has 0 aliphatic rings. The fourth-order valence-corrected chi connectivity index (χ4v) is 3.79. The third-order valence-corrected chi connectivity index (χ3v) is 5.58. The minimum Gasteiger partial charge on any atom is -0.146 e. The molecule has 138 valence electrons. The second-order valence-electron chi connectivity index (χ2n) is 6.84. The summed E-state index contributed by atoms with van der Waals surface area (Å²) in [5, 5.41) is 0. The average Bonchev–Trinajstić information content (AvgIpc) is 2.56. The molecule has 0 saturated carbocycles. The van der Waals surface area contributed by atoms with Gasteiger partial charge in [0.2, 0.25) is 0 Å². The Balaban J connectivity index is 3.13. The molecule has 1 atom stereocenters. The van der Waals surface area contributed by atoms with Gasteiger partial charge in [-0.15, -0.1) is 4.52 Å². The molecule has 0 spiro atoms. The lowest BCUT2D eigenvalue weighted by Crippen LogP contribution is -1.90. The zero-order valence-electron chi connectivity index (χ0n) is 16.0. The Morgan fingerprint density at radius 3 is 1.43 bits per heavy atom. The van der Waals surface area contributed by atoms with E-state index < -0.39 is 8.03 Å². The van der Waals surface area contributed by atoms with E-state index in [9.17, 15) is 4.57 Å². The van der Waals surface area contributed by atoms with E-state index in [0.29, 0.717) is 6.61 Å². The number of unbranched alkanes of at least 4 members (excludes halogenated alkanes) is 14. The molecular weight excluding hydrogens is 303 g/mol. The molecule has 2 nitrogen and oxygen atoms in total. The van der Waals surface area contributed by atoms with Gasteiger partial charge in [0, 0.05) is 0 Å². The normalized spacial score (nSPS) is 11.8. The van der Waals surface area contributed by atoms with Crippen molar-refractivity contribution in [2.75, 3.05) is 12.8 Å². The molecule has 0 rings (SSSR count). The first-order valence-corrected chi connectivity index (χ1v) is 11.7. The first-order valence-electron chi connectivity index (χ1n) is 10.4. The van der Waals surface area contributed by atoms with Crippen LogP contribution in [0.1, 0.15) is 117 Å². The predicted octanol–water partition coefficient (Wildman–Crippen LogP) is 8.03. The quantitative estimate of drug-likeness (QED) is 0.175. The van der Waals surface area contributed by atoms with Crippen molar-refractivity contribution in [2.24, 2.45) is 0 Å². The van der Waals surface area contributed by atoms with Gasteiger partial charge in [0.05, 0.1) is 0 Å². The number of hydrogen-bond donors (Lipinski definition) is 0. The lowest BCUT2D eigenvalue weighted by atomic mass is 10.1. The van der Waals surface area contributed by atoms with E-state index in [-0.39, 0.29) is 0 Å². The van der Waals surface area contributed by atoms with Crippen molar-refractivity contribution in [3.05, 3.63) is 0 Å². The first kappa shape index (κ1) is 23.1. The fourth-order valence-electron chi connectivity index (χ4n) is 2.84. The molecule has 0 fully saturated rings. The third-order valence-electron chi connectivity index (χ3n) is 4.43. The van der Waals surface area contributed by atoms with Crippen molar-refractivity contribution in [3.63, 3.8) is 0 Å². The summed E-state index contributed by atoms with van der Waals surface area (Å²) in [5.74, 6) is 0. The molecule has 23 heavy (non-hydrogen) atoms. The maximum atomic E-state index is 11.8. The molecule has 0 aromatic rings. The van der Waals surface area contributed by atoms with E-state index in [1.807, 2.05) is 0 Å². The Hall–Kier alpha value is 0.0600. The van der Waals surface area contributed by atoms with E-state index >= 15 is 0 Å². The van der Waals surface area contributed by atoms with Crippen molar-refractivity contribution >= 4 is 8.03 Å². The van der Waals surface area contributed by atoms with Crippen LogP contribution in [-0.4, -0.2) is 12.8 Å². The van der Waals surface area contributed by atoms with E-state index in [0.717, 1.165) is 19.0 Å². The maximum Gasteiger partial charge on any atom is 0.508 e. The highest BCUT2D eigenvalue weighted by molar-refractivity contribution is 7.39. The van der Waals surface area contributed by atoms with Crippen LogP contribution in [0.25, 0.3) is 0 Å². The molecule has 0 amide bonds. The molecule has 0 saturated heterocycles. The summed E-state index contributed by atoms with van der Waals surface area (Å²) in [6, 6.07) is 0. The third kappa shape index (κ3) is 20.0. The van der Waals surface area contributed by atoms with Crippen LogP contribution in [-0.2, 0) is 9.09 Å². The van der Waals surface area contributed by atoms with Crippen LogP contribution in [0.2, 0.25) is 0 Å². The van der Waals surface area contributed by atoms with E-state index in [1.165, 1.54) is 89.9 Å². The predicted molar refractivity (Wildman–Crippen MR) is 104 cm³/mol. The maximum absolute atomic E-state index is 11.8. The van der Waals surface area contributed by atoms with Crippen LogP contribution < -0.4 is 0 Å². The first-order chi connectivity index (χ1) is 11.3. The molecule has 0 radical (unpaired) electrons. The molecule has 0 bridgehead atoms. The fraction of sp³-hybridized carbons (Fsp3) is 1.00. The summed E-state index contributed by atoms with van der Waals surface area (Å²) < 4.78 is 17.2. The molecule has 0 aliphatic carbocycles. The Bertz CT molecular complexity index is 244. The minimum absolute atomic E-state index is 0.696. The second-order valence-corrected chi connectivity index (χ2v) is 8.21. The average molecular weight is 346 g/mol. The van der Waals surface area contributed by atoms with Crippen LogP contribution in [0.3, 0.4) is 0 Å².